The molecule has 0 aromatic heterocycles. The van der Waals surface area contributed by atoms with E-state index in [4.69, 9.17) is 9.47 Å². The summed E-state index contributed by atoms with van der Waals surface area (Å²) in [4.78, 5) is 24.4. The minimum absolute atomic E-state index is 0.0203. The zero-order valence-corrected chi connectivity index (χ0v) is 16.8. The van der Waals surface area contributed by atoms with Crippen LogP contribution in [0.5, 0.6) is 11.5 Å². The number of nitrogens with one attached hydrogen (secondary N) is 2. The van der Waals surface area contributed by atoms with Crippen molar-refractivity contribution in [2.24, 2.45) is 0 Å². The van der Waals surface area contributed by atoms with Gasteiger partial charge < -0.3 is 20.1 Å². The number of benzene rings is 2. The molecule has 1 aliphatic heterocycles. The fourth-order valence-corrected chi connectivity index (χ4v) is 3.65. The quantitative estimate of drug-likeness (QED) is 0.703. The summed E-state index contributed by atoms with van der Waals surface area (Å²) < 4.78 is 11.3. The second kappa shape index (κ2) is 8.43. The van der Waals surface area contributed by atoms with Crippen molar-refractivity contribution in [3.8, 4) is 11.5 Å². The number of fused-ring (bicyclic) bond motifs is 1. The number of carbonyl (C=O) groups excluding carboxylic acids is 2. The first-order valence-corrected chi connectivity index (χ1v) is 9.39. The van der Waals surface area contributed by atoms with Gasteiger partial charge in [0.25, 0.3) is 0 Å². The molecule has 0 saturated carbocycles. The predicted molar refractivity (Wildman–Crippen MR) is 106 cm³/mol. The second-order valence-corrected chi connectivity index (χ2v) is 7.10. The summed E-state index contributed by atoms with van der Waals surface area (Å²) in [7, 11) is 3.12. The lowest BCUT2D eigenvalue weighted by Crippen LogP contribution is -2.28. The fourth-order valence-electron chi connectivity index (χ4n) is 3.19. The molecule has 1 heterocycles. The van der Waals surface area contributed by atoms with E-state index in [1.807, 2.05) is 24.3 Å². The number of para-hydroxylation sites is 1. The Morgan fingerprint density at radius 1 is 1.19 bits per heavy atom. The lowest BCUT2D eigenvalue weighted by atomic mass is 9.97. The minimum atomic E-state index is -0.227. The Bertz CT molecular complexity index is 869. The van der Waals surface area contributed by atoms with Crippen LogP contribution in [-0.4, -0.2) is 32.6 Å². The third-order valence-corrected chi connectivity index (χ3v) is 5.31. The van der Waals surface area contributed by atoms with Crippen molar-refractivity contribution >= 4 is 33.4 Å². The van der Waals surface area contributed by atoms with Crippen LogP contribution in [0.3, 0.4) is 0 Å². The molecule has 1 unspecified atom stereocenters. The summed E-state index contributed by atoms with van der Waals surface area (Å²) in [6, 6.07) is 11.2. The summed E-state index contributed by atoms with van der Waals surface area (Å²) in [5.74, 6) is 0.805. The SMILES string of the molecule is COc1cc(Br)c(CC(=O)NCCC2C(=O)Nc3ccccc32)cc1OC. The molecule has 3 rings (SSSR count). The van der Waals surface area contributed by atoms with E-state index < -0.39 is 0 Å². The van der Waals surface area contributed by atoms with Crippen LogP contribution < -0.4 is 20.1 Å². The normalized spacial score (nSPS) is 15.1. The zero-order chi connectivity index (χ0) is 19.4. The number of hydrogen-bond donors (Lipinski definition) is 2. The van der Waals surface area contributed by atoms with Gasteiger partial charge in [0.1, 0.15) is 0 Å². The Morgan fingerprint density at radius 2 is 1.89 bits per heavy atom. The summed E-state index contributed by atoms with van der Waals surface area (Å²) in [6.45, 7) is 0.427. The van der Waals surface area contributed by atoms with Crippen molar-refractivity contribution in [1.29, 1.82) is 0 Å². The van der Waals surface area contributed by atoms with Gasteiger partial charge in [-0.25, -0.2) is 0 Å². The molecular weight excluding hydrogens is 412 g/mol. The third kappa shape index (κ3) is 4.24. The number of methoxy groups -OCH3 is 2. The molecule has 7 heteroatoms. The van der Waals surface area contributed by atoms with E-state index in [-0.39, 0.29) is 24.2 Å². The molecule has 2 aromatic carbocycles. The zero-order valence-electron chi connectivity index (χ0n) is 15.2. The van der Waals surface area contributed by atoms with Gasteiger partial charge in [0.05, 0.1) is 26.6 Å². The van der Waals surface area contributed by atoms with Gasteiger partial charge in [-0.05, 0) is 35.7 Å². The van der Waals surface area contributed by atoms with Crippen molar-refractivity contribution in [2.75, 3.05) is 26.1 Å². The molecule has 6 nitrogen and oxygen atoms in total. The Morgan fingerprint density at radius 3 is 2.63 bits per heavy atom. The molecule has 0 bridgehead atoms. The molecule has 142 valence electrons. The standard InChI is InChI=1S/C20H21BrN2O4/c1-26-17-9-12(15(21)11-18(17)27-2)10-19(24)22-8-7-14-13-5-3-4-6-16(13)23-20(14)25/h3-6,9,11,14H,7-8,10H2,1-2H3,(H,22,24)(H,23,25). The van der Waals surface area contributed by atoms with Gasteiger partial charge in [0.15, 0.2) is 11.5 Å². The van der Waals surface area contributed by atoms with Gasteiger partial charge >= 0.3 is 0 Å². The van der Waals surface area contributed by atoms with Crippen LogP contribution in [0.2, 0.25) is 0 Å². The van der Waals surface area contributed by atoms with Crippen LogP contribution >= 0.6 is 15.9 Å². The molecule has 0 fully saturated rings. The fraction of sp³-hybridized carbons (Fsp3) is 0.300. The highest BCUT2D eigenvalue weighted by atomic mass is 79.9. The summed E-state index contributed by atoms with van der Waals surface area (Å²) in [5, 5.41) is 5.76. The molecule has 1 atom stereocenters. The first kappa shape index (κ1) is 19.2. The molecule has 0 aliphatic carbocycles. The van der Waals surface area contributed by atoms with Crippen molar-refractivity contribution < 1.29 is 19.1 Å². The van der Waals surface area contributed by atoms with Crippen molar-refractivity contribution in [2.45, 2.75) is 18.8 Å². The van der Waals surface area contributed by atoms with E-state index in [9.17, 15) is 9.59 Å². The average Bonchev–Trinajstić information content (AvgIpc) is 2.98. The Balaban J connectivity index is 1.57. The molecular formula is C20H21BrN2O4. The highest BCUT2D eigenvalue weighted by Crippen LogP contribution is 2.34. The van der Waals surface area contributed by atoms with Crippen molar-refractivity contribution in [3.63, 3.8) is 0 Å². The molecule has 2 amide bonds. The number of ether oxygens (including phenoxy) is 2. The van der Waals surface area contributed by atoms with Crippen LogP contribution in [0.1, 0.15) is 23.5 Å². The smallest absolute Gasteiger partial charge is 0.232 e. The van der Waals surface area contributed by atoms with Gasteiger partial charge in [-0.15, -0.1) is 0 Å². The van der Waals surface area contributed by atoms with E-state index in [1.165, 1.54) is 0 Å². The molecule has 0 saturated heterocycles. The van der Waals surface area contributed by atoms with E-state index in [2.05, 4.69) is 26.6 Å². The van der Waals surface area contributed by atoms with Gasteiger partial charge in [0, 0.05) is 16.7 Å². The van der Waals surface area contributed by atoms with E-state index in [0.29, 0.717) is 24.5 Å². The Hall–Kier alpha value is -2.54. The number of halogens is 1. The predicted octanol–water partition coefficient (Wildman–Crippen LogP) is 3.25. The van der Waals surface area contributed by atoms with Gasteiger partial charge in [-0.3, -0.25) is 9.59 Å². The lowest BCUT2D eigenvalue weighted by Gasteiger charge is -2.13. The van der Waals surface area contributed by atoms with Gasteiger partial charge in [0.2, 0.25) is 11.8 Å². The number of anilines is 1. The molecule has 0 radical (unpaired) electrons. The Kier molecular flexibility index (Phi) is 6.01. The van der Waals surface area contributed by atoms with Gasteiger partial charge in [-0.2, -0.15) is 0 Å². The van der Waals surface area contributed by atoms with E-state index >= 15 is 0 Å². The maximum Gasteiger partial charge on any atom is 0.232 e. The highest BCUT2D eigenvalue weighted by molar-refractivity contribution is 9.10. The van der Waals surface area contributed by atoms with Crippen LogP contribution in [-0.2, 0) is 16.0 Å². The third-order valence-electron chi connectivity index (χ3n) is 4.57. The van der Waals surface area contributed by atoms with Crippen LogP contribution in [0.15, 0.2) is 40.9 Å². The number of carbonyl (C=O) groups is 2. The van der Waals surface area contributed by atoms with Crippen molar-refractivity contribution in [3.05, 3.63) is 52.0 Å². The van der Waals surface area contributed by atoms with Crippen LogP contribution in [0, 0.1) is 0 Å². The van der Waals surface area contributed by atoms with E-state index in [1.54, 1.807) is 26.4 Å². The average molecular weight is 433 g/mol. The molecule has 1 aliphatic rings. The molecule has 2 N–H and O–H groups in total. The van der Waals surface area contributed by atoms with Crippen LogP contribution in [0.25, 0.3) is 0 Å². The summed E-state index contributed by atoms with van der Waals surface area (Å²) in [6.07, 6.45) is 0.760. The van der Waals surface area contributed by atoms with Crippen LogP contribution in [0.4, 0.5) is 5.69 Å². The van der Waals surface area contributed by atoms with Crippen molar-refractivity contribution in [1.82, 2.24) is 5.32 Å². The maximum absolute atomic E-state index is 12.3. The first-order chi connectivity index (χ1) is 13.0. The lowest BCUT2D eigenvalue weighted by molar-refractivity contribution is -0.121. The minimum Gasteiger partial charge on any atom is -0.493 e. The van der Waals surface area contributed by atoms with Gasteiger partial charge in [-0.1, -0.05) is 34.1 Å². The summed E-state index contributed by atoms with van der Waals surface area (Å²) in [5.41, 5.74) is 2.64. The summed E-state index contributed by atoms with van der Waals surface area (Å²) >= 11 is 3.46. The number of rotatable bonds is 7. The molecule has 27 heavy (non-hydrogen) atoms. The Labute approximate surface area is 166 Å². The first-order valence-electron chi connectivity index (χ1n) is 8.60. The largest absolute Gasteiger partial charge is 0.493 e. The number of amides is 2. The monoisotopic (exact) mass is 432 g/mol. The molecule has 0 spiro atoms. The second-order valence-electron chi connectivity index (χ2n) is 6.24. The maximum atomic E-state index is 12.3. The van der Waals surface area contributed by atoms with E-state index in [0.717, 1.165) is 21.3 Å². The molecule has 2 aromatic rings. The highest BCUT2D eigenvalue weighted by Gasteiger charge is 2.29. The topological polar surface area (TPSA) is 76.7 Å². The number of hydrogen-bond acceptors (Lipinski definition) is 4.